The lowest BCUT2D eigenvalue weighted by molar-refractivity contribution is -0.292. The molecule has 1 aliphatic heterocycles. The maximum Gasteiger partial charge on any atom is 0.186 e. The van der Waals surface area contributed by atoms with Crippen molar-refractivity contribution < 1.29 is 29.5 Å². The first-order valence-electron chi connectivity index (χ1n) is 9.56. The molecule has 0 aliphatic carbocycles. The highest BCUT2D eigenvalue weighted by Gasteiger charge is 2.44. The lowest BCUT2D eigenvalue weighted by Gasteiger charge is -2.40. The van der Waals surface area contributed by atoms with Crippen molar-refractivity contribution in [3.05, 3.63) is 65.2 Å². The van der Waals surface area contributed by atoms with Gasteiger partial charge in [-0.25, -0.2) is 0 Å². The fourth-order valence-electron chi connectivity index (χ4n) is 3.45. The van der Waals surface area contributed by atoms with E-state index in [1.54, 1.807) is 0 Å². The van der Waals surface area contributed by atoms with Gasteiger partial charge in [0, 0.05) is 7.11 Å². The number of aryl methyl sites for hydroxylation is 2. The maximum atomic E-state index is 10.3. The van der Waals surface area contributed by atoms with Gasteiger partial charge in [0.25, 0.3) is 0 Å². The number of aliphatic hydroxyl groups is 3. The summed E-state index contributed by atoms with van der Waals surface area (Å²) in [6, 6.07) is 15.8. The van der Waals surface area contributed by atoms with Crippen molar-refractivity contribution in [2.45, 2.75) is 50.5 Å². The van der Waals surface area contributed by atoms with Crippen LogP contribution < -0.4 is 4.74 Å². The number of hydrogen-bond acceptors (Lipinski definition) is 6. The van der Waals surface area contributed by atoms with E-state index in [0.717, 1.165) is 29.7 Å². The van der Waals surface area contributed by atoms with Crippen LogP contribution in [0.15, 0.2) is 48.5 Å². The normalized spacial score (nSPS) is 27.5. The molecule has 1 saturated heterocycles. The van der Waals surface area contributed by atoms with E-state index in [9.17, 15) is 15.3 Å². The van der Waals surface area contributed by atoms with Crippen LogP contribution in [0.1, 0.15) is 29.7 Å². The molecule has 3 N–H and O–H groups in total. The quantitative estimate of drug-likeness (QED) is 0.672. The number of rotatable bonds is 7. The molecule has 0 radical (unpaired) electrons. The Morgan fingerprint density at radius 1 is 0.893 bits per heavy atom. The minimum Gasteiger partial charge on any atom is -0.494 e. The van der Waals surface area contributed by atoms with Gasteiger partial charge in [-0.05, 0) is 48.6 Å². The van der Waals surface area contributed by atoms with Crippen LogP contribution in [0.4, 0.5) is 0 Å². The molecule has 1 aliphatic rings. The highest BCUT2D eigenvalue weighted by Crippen LogP contribution is 2.33. The second-order valence-corrected chi connectivity index (χ2v) is 6.95. The molecular weight excluding hydrogens is 360 g/mol. The lowest BCUT2D eigenvalue weighted by atomic mass is 9.92. The molecule has 5 unspecified atom stereocenters. The van der Waals surface area contributed by atoms with E-state index < -0.39 is 30.7 Å². The van der Waals surface area contributed by atoms with Crippen LogP contribution in [0.3, 0.4) is 0 Å². The predicted octanol–water partition coefficient (Wildman–Crippen LogP) is 2.00. The van der Waals surface area contributed by atoms with Crippen LogP contribution >= 0.6 is 0 Å². The minimum absolute atomic E-state index is 0.650. The Labute approximate surface area is 165 Å². The molecule has 0 spiro atoms. The summed E-state index contributed by atoms with van der Waals surface area (Å²) in [6.45, 7) is 2.61. The van der Waals surface area contributed by atoms with Gasteiger partial charge in [0.15, 0.2) is 6.29 Å². The van der Waals surface area contributed by atoms with Crippen LogP contribution in [0.5, 0.6) is 5.75 Å². The van der Waals surface area contributed by atoms with Crippen molar-refractivity contribution in [3.63, 3.8) is 0 Å². The molecule has 2 aromatic carbocycles. The number of ether oxygens (including phenoxy) is 3. The Balaban J connectivity index is 1.68. The van der Waals surface area contributed by atoms with Gasteiger partial charge in [-0.2, -0.15) is 0 Å². The van der Waals surface area contributed by atoms with Gasteiger partial charge in [0.2, 0.25) is 0 Å². The Hall–Kier alpha value is -1.96. The van der Waals surface area contributed by atoms with Crippen molar-refractivity contribution in [1.29, 1.82) is 0 Å². The lowest BCUT2D eigenvalue weighted by Crippen LogP contribution is -2.54. The molecule has 28 heavy (non-hydrogen) atoms. The van der Waals surface area contributed by atoms with E-state index in [0.29, 0.717) is 6.61 Å². The fraction of sp³-hybridized carbons (Fsp3) is 0.455. The zero-order valence-electron chi connectivity index (χ0n) is 16.2. The average molecular weight is 388 g/mol. The van der Waals surface area contributed by atoms with Gasteiger partial charge in [0.05, 0.1) is 6.61 Å². The highest BCUT2D eigenvalue weighted by molar-refractivity contribution is 5.30. The summed E-state index contributed by atoms with van der Waals surface area (Å²) < 4.78 is 16.2. The van der Waals surface area contributed by atoms with Crippen LogP contribution in [-0.4, -0.2) is 53.6 Å². The molecule has 3 rings (SSSR count). The van der Waals surface area contributed by atoms with Crippen LogP contribution in [-0.2, 0) is 22.3 Å². The summed E-state index contributed by atoms with van der Waals surface area (Å²) in [6.07, 6.45) is -3.93. The first kappa shape index (κ1) is 20.8. The summed E-state index contributed by atoms with van der Waals surface area (Å²) in [5.41, 5.74) is 3.04. The SMILES string of the molecule is CCOc1ccc(CCc2cccc(C3OC(OC)C(O)C(O)C3O)c2)cc1. The molecule has 6 nitrogen and oxygen atoms in total. The first-order valence-corrected chi connectivity index (χ1v) is 9.56. The first-order chi connectivity index (χ1) is 13.5. The van der Waals surface area contributed by atoms with Gasteiger partial charge in [0.1, 0.15) is 30.2 Å². The Kier molecular flexibility index (Phi) is 7.04. The third kappa shape index (κ3) is 4.71. The van der Waals surface area contributed by atoms with Crippen molar-refractivity contribution in [3.8, 4) is 5.75 Å². The molecule has 0 amide bonds. The van der Waals surface area contributed by atoms with Gasteiger partial charge in [-0.3, -0.25) is 0 Å². The topological polar surface area (TPSA) is 88.4 Å². The van der Waals surface area contributed by atoms with E-state index >= 15 is 0 Å². The second kappa shape index (κ2) is 9.49. The zero-order valence-corrected chi connectivity index (χ0v) is 16.2. The zero-order chi connectivity index (χ0) is 20.1. The van der Waals surface area contributed by atoms with Gasteiger partial charge in [-0.15, -0.1) is 0 Å². The Bertz CT molecular complexity index is 745. The van der Waals surface area contributed by atoms with E-state index in [-0.39, 0.29) is 0 Å². The predicted molar refractivity (Wildman–Crippen MR) is 104 cm³/mol. The number of hydrogen-bond donors (Lipinski definition) is 3. The fourth-order valence-corrected chi connectivity index (χ4v) is 3.45. The molecule has 0 bridgehead atoms. The molecule has 1 fully saturated rings. The largest absolute Gasteiger partial charge is 0.494 e. The number of aliphatic hydroxyl groups excluding tert-OH is 3. The summed E-state index contributed by atoms with van der Waals surface area (Å²) >= 11 is 0. The maximum absolute atomic E-state index is 10.3. The molecule has 1 heterocycles. The Morgan fingerprint density at radius 3 is 2.29 bits per heavy atom. The third-order valence-electron chi connectivity index (χ3n) is 5.02. The van der Waals surface area contributed by atoms with Crippen molar-refractivity contribution in [1.82, 2.24) is 0 Å². The molecule has 152 valence electrons. The smallest absolute Gasteiger partial charge is 0.186 e. The van der Waals surface area contributed by atoms with Gasteiger partial charge >= 0.3 is 0 Å². The molecule has 0 saturated carbocycles. The summed E-state index contributed by atoms with van der Waals surface area (Å²) in [7, 11) is 1.39. The third-order valence-corrected chi connectivity index (χ3v) is 5.02. The van der Waals surface area contributed by atoms with E-state index in [1.165, 1.54) is 12.7 Å². The summed E-state index contributed by atoms with van der Waals surface area (Å²) in [4.78, 5) is 0. The molecule has 5 atom stereocenters. The van der Waals surface area contributed by atoms with Crippen LogP contribution in [0.2, 0.25) is 0 Å². The molecule has 0 aromatic heterocycles. The van der Waals surface area contributed by atoms with Crippen LogP contribution in [0.25, 0.3) is 0 Å². The van der Waals surface area contributed by atoms with E-state index in [1.807, 2.05) is 43.3 Å². The van der Waals surface area contributed by atoms with Crippen molar-refractivity contribution in [2.24, 2.45) is 0 Å². The van der Waals surface area contributed by atoms with Crippen LogP contribution in [0, 0.1) is 0 Å². The number of methoxy groups -OCH3 is 1. The summed E-state index contributed by atoms with van der Waals surface area (Å²) in [5.74, 6) is 0.866. The number of benzene rings is 2. The average Bonchev–Trinajstić information content (AvgIpc) is 2.72. The summed E-state index contributed by atoms with van der Waals surface area (Å²) in [5, 5.41) is 30.4. The monoisotopic (exact) mass is 388 g/mol. The van der Waals surface area contributed by atoms with E-state index in [4.69, 9.17) is 14.2 Å². The second-order valence-electron chi connectivity index (χ2n) is 6.95. The molecule has 6 heteroatoms. The highest BCUT2D eigenvalue weighted by atomic mass is 16.7. The molecular formula is C22H28O6. The van der Waals surface area contributed by atoms with Crippen molar-refractivity contribution >= 4 is 0 Å². The Morgan fingerprint density at radius 2 is 1.61 bits per heavy atom. The molecule has 2 aromatic rings. The van der Waals surface area contributed by atoms with Crippen molar-refractivity contribution in [2.75, 3.05) is 13.7 Å². The minimum atomic E-state index is -1.34. The van der Waals surface area contributed by atoms with Gasteiger partial charge < -0.3 is 29.5 Å². The van der Waals surface area contributed by atoms with Gasteiger partial charge in [-0.1, -0.05) is 36.4 Å². The van der Waals surface area contributed by atoms with E-state index in [2.05, 4.69) is 12.1 Å². The standard InChI is InChI=1S/C22H28O6/c1-3-27-17-11-9-14(10-12-17)7-8-15-5-4-6-16(13-15)21-19(24)18(23)20(25)22(26-2)28-21/h4-6,9-13,18-25H,3,7-8H2,1-2H3.